The summed E-state index contributed by atoms with van der Waals surface area (Å²) in [6.07, 6.45) is 3.36. The highest BCUT2D eigenvalue weighted by Gasteiger charge is 2.15. The van der Waals surface area contributed by atoms with E-state index in [1.54, 1.807) is 35.3 Å². The maximum Gasteiger partial charge on any atom is 0.268 e. The predicted octanol–water partition coefficient (Wildman–Crippen LogP) is 3.24. The van der Waals surface area contributed by atoms with Gasteiger partial charge in [0.2, 0.25) is 0 Å². The van der Waals surface area contributed by atoms with E-state index in [0.717, 1.165) is 5.39 Å². The zero-order valence-corrected chi connectivity index (χ0v) is 16.0. The van der Waals surface area contributed by atoms with E-state index < -0.39 is 5.82 Å². The maximum atomic E-state index is 14.0. The molecular formula is C19H15ClFN7O. The number of nitrogens with zero attached hydrogens (tertiary/aromatic N) is 4. The number of fused-ring (bicyclic) bond motifs is 1. The first-order valence-electron chi connectivity index (χ1n) is 8.70. The van der Waals surface area contributed by atoms with Crippen LogP contribution in [0.3, 0.4) is 0 Å². The lowest BCUT2D eigenvalue weighted by molar-refractivity contribution is 0.0932. The van der Waals surface area contributed by atoms with Gasteiger partial charge < -0.3 is 10.3 Å². The van der Waals surface area contributed by atoms with Gasteiger partial charge in [-0.05, 0) is 31.2 Å². The number of nitrogens with one attached hydrogen (secondary N) is 3. The molecule has 146 valence electrons. The molecule has 29 heavy (non-hydrogen) atoms. The third kappa shape index (κ3) is 3.70. The summed E-state index contributed by atoms with van der Waals surface area (Å²) >= 11 is 5.96. The van der Waals surface area contributed by atoms with Crippen molar-refractivity contribution >= 4 is 28.5 Å². The van der Waals surface area contributed by atoms with Gasteiger partial charge in [-0.2, -0.15) is 15.5 Å². The fourth-order valence-electron chi connectivity index (χ4n) is 3.03. The third-order valence-corrected chi connectivity index (χ3v) is 4.70. The molecule has 1 atom stereocenters. The van der Waals surface area contributed by atoms with Gasteiger partial charge in [0.25, 0.3) is 5.91 Å². The minimum atomic E-state index is -0.692. The van der Waals surface area contributed by atoms with E-state index in [1.807, 2.05) is 6.92 Å². The minimum Gasteiger partial charge on any atom is -0.346 e. The Hall–Kier alpha value is -3.64. The molecule has 4 rings (SSSR count). The van der Waals surface area contributed by atoms with E-state index in [9.17, 15) is 9.18 Å². The van der Waals surface area contributed by atoms with Crippen molar-refractivity contribution in [1.29, 1.82) is 5.26 Å². The summed E-state index contributed by atoms with van der Waals surface area (Å²) in [6, 6.07) is 7.68. The van der Waals surface area contributed by atoms with Crippen LogP contribution in [0.2, 0.25) is 5.02 Å². The van der Waals surface area contributed by atoms with E-state index in [2.05, 4.69) is 25.6 Å². The molecule has 0 spiro atoms. The number of hydrogen-bond acceptors (Lipinski definition) is 4. The Balaban J connectivity index is 1.44. The van der Waals surface area contributed by atoms with Gasteiger partial charge in [0, 0.05) is 23.2 Å². The molecule has 3 aromatic heterocycles. The number of halogens is 2. The van der Waals surface area contributed by atoms with Crippen molar-refractivity contribution in [3.05, 3.63) is 58.8 Å². The van der Waals surface area contributed by atoms with Crippen LogP contribution >= 0.6 is 11.6 Å². The van der Waals surface area contributed by atoms with Crippen molar-refractivity contribution in [3.8, 4) is 17.3 Å². The quantitative estimate of drug-likeness (QED) is 0.467. The predicted molar refractivity (Wildman–Crippen MR) is 105 cm³/mol. The topological polar surface area (TPSA) is 115 Å². The smallest absolute Gasteiger partial charge is 0.268 e. The molecule has 10 heteroatoms. The maximum absolute atomic E-state index is 14.0. The first-order chi connectivity index (χ1) is 13.9. The van der Waals surface area contributed by atoms with Crippen LogP contribution < -0.4 is 5.32 Å². The average molecular weight is 412 g/mol. The molecule has 0 saturated heterocycles. The second-order valence-corrected chi connectivity index (χ2v) is 7.01. The molecule has 1 amide bonds. The first kappa shape index (κ1) is 18.7. The van der Waals surface area contributed by atoms with E-state index in [1.165, 1.54) is 12.1 Å². The summed E-state index contributed by atoms with van der Waals surface area (Å²) in [6.45, 7) is 2.27. The Morgan fingerprint density at radius 1 is 1.45 bits per heavy atom. The van der Waals surface area contributed by atoms with Crippen LogP contribution in [0.1, 0.15) is 23.0 Å². The van der Waals surface area contributed by atoms with E-state index in [-0.39, 0.29) is 22.5 Å². The fraction of sp³-hybridized carbons (Fsp3) is 0.158. The molecule has 0 aliphatic carbocycles. The fourth-order valence-corrected chi connectivity index (χ4v) is 3.28. The number of carbonyl (C=O) groups excluding carboxylic acids is 1. The zero-order chi connectivity index (χ0) is 20.5. The van der Waals surface area contributed by atoms with Crippen molar-refractivity contribution in [2.75, 3.05) is 0 Å². The van der Waals surface area contributed by atoms with Gasteiger partial charge in [0.05, 0.1) is 23.5 Å². The van der Waals surface area contributed by atoms with Crippen LogP contribution in [0, 0.1) is 17.1 Å². The highest BCUT2D eigenvalue weighted by Crippen LogP contribution is 2.26. The minimum absolute atomic E-state index is 0.0371. The number of H-pyrrole nitrogens is 2. The number of hydrogen-bond donors (Lipinski definition) is 3. The lowest BCUT2D eigenvalue weighted by atomic mass is 10.1. The first-order valence-corrected chi connectivity index (χ1v) is 9.08. The number of benzene rings is 1. The van der Waals surface area contributed by atoms with Gasteiger partial charge in [-0.15, -0.1) is 0 Å². The van der Waals surface area contributed by atoms with Crippen molar-refractivity contribution < 1.29 is 9.18 Å². The van der Waals surface area contributed by atoms with Crippen molar-refractivity contribution in [2.24, 2.45) is 0 Å². The molecule has 0 radical (unpaired) electrons. The van der Waals surface area contributed by atoms with Gasteiger partial charge in [0.1, 0.15) is 28.8 Å². The largest absolute Gasteiger partial charge is 0.346 e. The van der Waals surface area contributed by atoms with Crippen LogP contribution in [-0.4, -0.2) is 36.9 Å². The van der Waals surface area contributed by atoms with Crippen LogP contribution in [0.4, 0.5) is 4.39 Å². The van der Waals surface area contributed by atoms with Crippen molar-refractivity contribution in [3.63, 3.8) is 0 Å². The number of nitriles is 1. The van der Waals surface area contributed by atoms with Gasteiger partial charge in [-0.1, -0.05) is 11.6 Å². The molecule has 0 bridgehead atoms. The number of carbonyl (C=O) groups is 1. The van der Waals surface area contributed by atoms with E-state index in [4.69, 9.17) is 16.9 Å². The number of aromatic nitrogens is 5. The summed E-state index contributed by atoms with van der Waals surface area (Å²) in [4.78, 5) is 15.4. The van der Waals surface area contributed by atoms with Crippen LogP contribution in [-0.2, 0) is 6.54 Å². The lowest BCUT2D eigenvalue weighted by Gasteiger charge is -2.13. The summed E-state index contributed by atoms with van der Waals surface area (Å²) in [5, 5.41) is 23.7. The molecular weight excluding hydrogens is 397 g/mol. The van der Waals surface area contributed by atoms with E-state index >= 15 is 0 Å². The second kappa shape index (κ2) is 7.41. The van der Waals surface area contributed by atoms with Crippen LogP contribution in [0.5, 0.6) is 0 Å². The Kier molecular flexibility index (Phi) is 4.78. The number of aromatic amines is 2. The molecule has 0 saturated carbocycles. The third-order valence-electron chi connectivity index (χ3n) is 4.40. The molecule has 0 aliphatic heterocycles. The normalized spacial score (nSPS) is 12.1. The molecule has 0 fully saturated rings. The van der Waals surface area contributed by atoms with Gasteiger partial charge in [-0.25, -0.2) is 4.39 Å². The molecule has 0 unspecified atom stereocenters. The zero-order valence-electron chi connectivity index (χ0n) is 15.2. The summed E-state index contributed by atoms with van der Waals surface area (Å²) in [5.41, 5.74) is 1.91. The van der Waals surface area contributed by atoms with Crippen molar-refractivity contribution in [2.45, 2.75) is 19.5 Å². The number of rotatable bonds is 5. The molecule has 3 N–H and O–H groups in total. The van der Waals surface area contributed by atoms with Gasteiger partial charge >= 0.3 is 0 Å². The lowest BCUT2D eigenvalue weighted by Crippen LogP contribution is -2.36. The number of amides is 1. The molecule has 4 aromatic rings. The summed E-state index contributed by atoms with van der Waals surface area (Å²) in [5.74, 6) is -0.932. The Morgan fingerprint density at radius 3 is 3.00 bits per heavy atom. The Bertz CT molecular complexity index is 1200. The molecule has 3 heterocycles. The van der Waals surface area contributed by atoms with E-state index in [0.29, 0.717) is 29.1 Å². The highest BCUT2D eigenvalue weighted by atomic mass is 35.5. The summed E-state index contributed by atoms with van der Waals surface area (Å²) in [7, 11) is 0. The summed E-state index contributed by atoms with van der Waals surface area (Å²) < 4.78 is 15.6. The second-order valence-electron chi connectivity index (χ2n) is 6.61. The molecule has 8 nitrogen and oxygen atoms in total. The molecule has 1 aromatic carbocycles. The van der Waals surface area contributed by atoms with Crippen molar-refractivity contribution in [1.82, 2.24) is 30.3 Å². The Morgan fingerprint density at radius 2 is 2.28 bits per heavy atom. The van der Waals surface area contributed by atoms with Crippen LogP contribution in [0.25, 0.3) is 22.3 Å². The monoisotopic (exact) mass is 411 g/mol. The van der Waals surface area contributed by atoms with Crippen LogP contribution in [0.15, 0.2) is 36.7 Å². The standard InChI is InChI=1S/C19H15ClFN7O/c1-10(24-19(29)17-6-12-8-23-26-18(12)25-17)9-28-3-2-16(27-28)11-4-14(20)13(7-22)15(21)5-11/h2-6,8,10H,9H2,1H3,(H,24,29)(H2,23,25,26)/t10-/m0/s1. The average Bonchev–Trinajstić information content (AvgIpc) is 3.37. The Labute approximate surface area is 169 Å². The highest BCUT2D eigenvalue weighted by molar-refractivity contribution is 6.32. The molecule has 0 aliphatic rings. The SMILES string of the molecule is C[C@@H](Cn1ccc(-c2cc(F)c(C#N)c(Cl)c2)n1)NC(=O)c1cc2cn[nH]c2[nH]1. The van der Waals surface area contributed by atoms with Gasteiger partial charge in [0.15, 0.2) is 0 Å². The van der Waals surface area contributed by atoms with Gasteiger partial charge in [-0.3, -0.25) is 14.6 Å².